The van der Waals surface area contributed by atoms with Crippen LogP contribution in [0.1, 0.15) is 32.8 Å². The van der Waals surface area contributed by atoms with Gasteiger partial charge in [0.25, 0.3) is 0 Å². The van der Waals surface area contributed by atoms with Crippen molar-refractivity contribution in [3.05, 3.63) is 34.4 Å². The van der Waals surface area contributed by atoms with E-state index in [9.17, 15) is 0 Å². The van der Waals surface area contributed by atoms with Gasteiger partial charge in [0.1, 0.15) is 16.2 Å². The first kappa shape index (κ1) is 13.7. The number of fused-ring (bicyclic) bond motifs is 1. The van der Waals surface area contributed by atoms with E-state index in [1.807, 2.05) is 0 Å². The molecule has 1 aromatic carbocycles. The maximum absolute atomic E-state index is 4.67. The molecule has 0 amide bonds. The highest BCUT2D eigenvalue weighted by Gasteiger charge is 2.20. The van der Waals surface area contributed by atoms with Gasteiger partial charge in [0.05, 0.1) is 0 Å². The average Bonchev–Trinajstić information content (AvgIpc) is 2.76. The Morgan fingerprint density at radius 3 is 2.55 bits per heavy atom. The SMILES string of the molecule is CC(C)(C)c1ccc(-c2nc(Br)c3n2CCCN3)cc1. The smallest absolute Gasteiger partial charge is 0.149 e. The molecular weight excluding hydrogens is 314 g/mol. The average molecular weight is 334 g/mol. The van der Waals surface area contributed by atoms with E-state index in [0.29, 0.717) is 0 Å². The monoisotopic (exact) mass is 333 g/mol. The second kappa shape index (κ2) is 4.92. The first-order valence-corrected chi connectivity index (χ1v) is 7.87. The fourth-order valence-electron chi connectivity index (χ4n) is 2.59. The molecule has 0 unspecified atom stereocenters. The molecule has 0 atom stereocenters. The summed E-state index contributed by atoms with van der Waals surface area (Å²) in [6, 6.07) is 8.77. The van der Waals surface area contributed by atoms with E-state index in [1.54, 1.807) is 0 Å². The predicted octanol–water partition coefficient (Wildman–Crippen LogP) is 4.43. The molecule has 0 spiro atoms. The van der Waals surface area contributed by atoms with Crippen molar-refractivity contribution in [1.29, 1.82) is 0 Å². The Labute approximate surface area is 128 Å². The van der Waals surface area contributed by atoms with Crippen LogP contribution in [0.15, 0.2) is 28.9 Å². The zero-order chi connectivity index (χ0) is 14.3. The van der Waals surface area contributed by atoms with Crippen LogP contribution in [-0.2, 0) is 12.0 Å². The van der Waals surface area contributed by atoms with Crippen LogP contribution < -0.4 is 5.32 Å². The van der Waals surface area contributed by atoms with Crippen LogP contribution in [0.5, 0.6) is 0 Å². The minimum Gasteiger partial charge on any atom is -0.369 e. The third-order valence-electron chi connectivity index (χ3n) is 3.79. The minimum atomic E-state index is 0.187. The van der Waals surface area contributed by atoms with Crippen molar-refractivity contribution in [2.75, 3.05) is 11.9 Å². The summed E-state index contributed by atoms with van der Waals surface area (Å²) in [5.41, 5.74) is 2.71. The number of rotatable bonds is 1. The molecule has 20 heavy (non-hydrogen) atoms. The van der Waals surface area contributed by atoms with Crippen LogP contribution in [0.25, 0.3) is 11.4 Å². The van der Waals surface area contributed by atoms with Crippen LogP contribution in [0.4, 0.5) is 5.82 Å². The highest BCUT2D eigenvalue weighted by Crippen LogP contribution is 2.33. The summed E-state index contributed by atoms with van der Waals surface area (Å²) in [7, 11) is 0. The van der Waals surface area contributed by atoms with E-state index in [4.69, 9.17) is 0 Å². The molecule has 0 saturated carbocycles. The summed E-state index contributed by atoms with van der Waals surface area (Å²) in [4.78, 5) is 4.67. The molecule has 0 aliphatic carbocycles. The van der Waals surface area contributed by atoms with E-state index in [-0.39, 0.29) is 5.41 Å². The minimum absolute atomic E-state index is 0.187. The summed E-state index contributed by atoms with van der Waals surface area (Å²) >= 11 is 3.55. The maximum Gasteiger partial charge on any atom is 0.149 e. The van der Waals surface area contributed by atoms with Crippen molar-refractivity contribution >= 4 is 21.7 Å². The highest BCUT2D eigenvalue weighted by atomic mass is 79.9. The fraction of sp³-hybridized carbons (Fsp3) is 0.438. The van der Waals surface area contributed by atoms with Crippen molar-refractivity contribution in [2.45, 2.75) is 39.2 Å². The van der Waals surface area contributed by atoms with Gasteiger partial charge >= 0.3 is 0 Å². The number of hydrogen-bond donors (Lipinski definition) is 1. The van der Waals surface area contributed by atoms with Crippen molar-refractivity contribution < 1.29 is 0 Å². The summed E-state index contributed by atoms with van der Waals surface area (Å²) in [5.74, 6) is 2.14. The molecule has 1 N–H and O–H groups in total. The summed E-state index contributed by atoms with van der Waals surface area (Å²) in [6.07, 6.45) is 1.14. The zero-order valence-electron chi connectivity index (χ0n) is 12.2. The van der Waals surface area contributed by atoms with Gasteiger partial charge in [-0.1, -0.05) is 45.0 Å². The number of imidazole rings is 1. The summed E-state index contributed by atoms with van der Waals surface area (Å²) in [5, 5.41) is 3.41. The van der Waals surface area contributed by atoms with Gasteiger partial charge in [-0.25, -0.2) is 4.98 Å². The van der Waals surface area contributed by atoms with Crippen LogP contribution in [0.2, 0.25) is 0 Å². The lowest BCUT2D eigenvalue weighted by atomic mass is 9.87. The Morgan fingerprint density at radius 2 is 1.90 bits per heavy atom. The number of nitrogens with one attached hydrogen (secondary N) is 1. The molecule has 1 aliphatic heterocycles. The van der Waals surface area contributed by atoms with Crippen LogP contribution in [-0.4, -0.2) is 16.1 Å². The molecule has 1 aromatic heterocycles. The van der Waals surface area contributed by atoms with E-state index < -0.39 is 0 Å². The maximum atomic E-state index is 4.67. The topological polar surface area (TPSA) is 29.9 Å². The Bertz CT molecular complexity index is 620. The first-order valence-electron chi connectivity index (χ1n) is 7.07. The van der Waals surface area contributed by atoms with Crippen molar-refractivity contribution in [3.63, 3.8) is 0 Å². The number of hydrogen-bond acceptors (Lipinski definition) is 2. The third-order valence-corrected chi connectivity index (χ3v) is 4.34. The molecule has 1 aliphatic rings. The molecule has 0 fully saturated rings. The molecule has 0 saturated heterocycles. The molecule has 3 rings (SSSR count). The van der Waals surface area contributed by atoms with E-state index in [1.165, 1.54) is 11.1 Å². The van der Waals surface area contributed by atoms with Gasteiger partial charge in [-0.3, -0.25) is 0 Å². The zero-order valence-corrected chi connectivity index (χ0v) is 13.8. The molecule has 2 aromatic rings. The number of nitrogens with zero attached hydrogens (tertiary/aromatic N) is 2. The summed E-state index contributed by atoms with van der Waals surface area (Å²) in [6.45, 7) is 8.75. The Morgan fingerprint density at radius 1 is 1.20 bits per heavy atom. The Kier molecular flexibility index (Phi) is 3.36. The van der Waals surface area contributed by atoms with Gasteiger partial charge < -0.3 is 9.88 Å². The number of benzene rings is 1. The van der Waals surface area contributed by atoms with Gasteiger partial charge in [-0.15, -0.1) is 0 Å². The van der Waals surface area contributed by atoms with Gasteiger partial charge in [0, 0.05) is 18.7 Å². The second-order valence-electron chi connectivity index (χ2n) is 6.33. The van der Waals surface area contributed by atoms with Crippen LogP contribution in [0.3, 0.4) is 0 Å². The lowest BCUT2D eigenvalue weighted by molar-refractivity contribution is 0.590. The normalized spacial score (nSPS) is 14.8. The Balaban J connectivity index is 2.01. The number of aromatic nitrogens is 2. The molecular formula is C16H20BrN3. The van der Waals surface area contributed by atoms with E-state index in [0.717, 1.165) is 35.8 Å². The first-order chi connectivity index (χ1) is 9.47. The highest BCUT2D eigenvalue weighted by molar-refractivity contribution is 9.10. The van der Waals surface area contributed by atoms with E-state index >= 15 is 0 Å². The van der Waals surface area contributed by atoms with Gasteiger partial charge in [-0.05, 0) is 33.3 Å². The van der Waals surface area contributed by atoms with Gasteiger partial charge in [0.15, 0.2) is 0 Å². The standard InChI is InChI=1S/C16H20BrN3/c1-16(2,3)12-7-5-11(6-8-12)14-19-13(17)15-18-9-4-10-20(14)15/h5-8,18H,4,9-10H2,1-3H3. The van der Waals surface area contributed by atoms with Gasteiger partial charge in [0.2, 0.25) is 0 Å². The quantitative estimate of drug-likeness (QED) is 0.836. The number of anilines is 1. The molecule has 4 heteroatoms. The molecule has 0 radical (unpaired) electrons. The fourth-order valence-corrected chi connectivity index (χ4v) is 3.12. The summed E-state index contributed by atoms with van der Waals surface area (Å²) < 4.78 is 3.17. The van der Waals surface area contributed by atoms with Crippen molar-refractivity contribution in [1.82, 2.24) is 9.55 Å². The largest absolute Gasteiger partial charge is 0.369 e. The van der Waals surface area contributed by atoms with Crippen LogP contribution >= 0.6 is 15.9 Å². The molecule has 106 valence electrons. The predicted molar refractivity (Wildman–Crippen MR) is 87.2 cm³/mol. The lowest BCUT2D eigenvalue weighted by Gasteiger charge is -2.20. The van der Waals surface area contributed by atoms with Crippen molar-refractivity contribution in [3.8, 4) is 11.4 Å². The molecule has 0 bridgehead atoms. The third kappa shape index (κ3) is 2.37. The second-order valence-corrected chi connectivity index (χ2v) is 7.09. The Hall–Kier alpha value is -1.29. The van der Waals surface area contributed by atoms with E-state index in [2.05, 4.69) is 75.8 Å². The molecule has 2 heterocycles. The number of halogens is 1. The molecule has 3 nitrogen and oxygen atoms in total. The van der Waals surface area contributed by atoms with Gasteiger partial charge in [-0.2, -0.15) is 0 Å². The lowest BCUT2D eigenvalue weighted by Crippen LogP contribution is -2.17. The van der Waals surface area contributed by atoms with Crippen LogP contribution in [0, 0.1) is 0 Å². The van der Waals surface area contributed by atoms with Crippen molar-refractivity contribution in [2.24, 2.45) is 0 Å².